The van der Waals surface area contributed by atoms with Gasteiger partial charge in [-0.3, -0.25) is 9.78 Å². The Hall–Kier alpha value is -1.69. The van der Waals surface area contributed by atoms with Crippen molar-refractivity contribution in [1.82, 2.24) is 14.9 Å². The number of carbonyl (C=O) groups is 1. The molecule has 130 valence electrons. The monoisotopic (exact) mass is 330 g/mol. The van der Waals surface area contributed by atoms with Crippen molar-refractivity contribution in [3.63, 3.8) is 0 Å². The molecule has 1 spiro atoms. The lowest BCUT2D eigenvalue weighted by atomic mass is 9.75. The van der Waals surface area contributed by atoms with Crippen LogP contribution in [0.4, 0.5) is 5.82 Å². The van der Waals surface area contributed by atoms with Crippen LogP contribution in [-0.4, -0.2) is 52.1 Å². The van der Waals surface area contributed by atoms with Gasteiger partial charge in [0.15, 0.2) is 0 Å². The lowest BCUT2D eigenvalue weighted by Gasteiger charge is -2.43. The van der Waals surface area contributed by atoms with E-state index >= 15 is 0 Å². The number of likely N-dealkylation sites (tertiary alicyclic amines) is 1. The Balaban J connectivity index is 1.36. The van der Waals surface area contributed by atoms with Crippen LogP contribution in [0.3, 0.4) is 0 Å². The molecule has 24 heavy (non-hydrogen) atoms. The largest absolute Gasteiger partial charge is 0.371 e. The third-order valence-electron chi connectivity index (χ3n) is 5.70. The predicted molar refractivity (Wildman–Crippen MR) is 90.4 cm³/mol. The van der Waals surface area contributed by atoms with Gasteiger partial charge in [-0.15, -0.1) is 0 Å². The molecule has 6 nitrogen and oxygen atoms in total. The summed E-state index contributed by atoms with van der Waals surface area (Å²) in [7, 11) is 0. The van der Waals surface area contributed by atoms with Crippen LogP contribution >= 0.6 is 0 Å². The summed E-state index contributed by atoms with van der Waals surface area (Å²) in [5.41, 5.74) is -0.177. The van der Waals surface area contributed by atoms with Gasteiger partial charge in [0.2, 0.25) is 5.91 Å². The van der Waals surface area contributed by atoms with Crippen molar-refractivity contribution in [3.8, 4) is 0 Å². The third-order valence-corrected chi connectivity index (χ3v) is 5.70. The number of nitrogens with one attached hydrogen (secondary N) is 1. The lowest BCUT2D eigenvalue weighted by molar-refractivity contribution is -0.147. The first-order valence-corrected chi connectivity index (χ1v) is 9.09. The maximum absolute atomic E-state index is 12.7. The Morgan fingerprint density at radius 2 is 2.29 bits per heavy atom. The Labute approximate surface area is 143 Å². The van der Waals surface area contributed by atoms with Gasteiger partial charge >= 0.3 is 0 Å². The maximum atomic E-state index is 12.7. The smallest absolute Gasteiger partial charge is 0.225 e. The van der Waals surface area contributed by atoms with Crippen molar-refractivity contribution in [3.05, 3.63) is 18.6 Å². The molecule has 1 saturated carbocycles. The minimum atomic E-state index is -0.177. The van der Waals surface area contributed by atoms with E-state index in [-0.39, 0.29) is 17.6 Å². The summed E-state index contributed by atoms with van der Waals surface area (Å²) in [6.07, 6.45) is 10.2. The molecule has 0 aromatic carbocycles. The summed E-state index contributed by atoms with van der Waals surface area (Å²) < 4.78 is 6.19. The van der Waals surface area contributed by atoms with Crippen molar-refractivity contribution >= 4 is 11.7 Å². The van der Waals surface area contributed by atoms with Crippen LogP contribution < -0.4 is 5.32 Å². The summed E-state index contributed by atoms with van der Waals surface area (Å²) in [5.74, 6) is 2.10. The number of amides is 1. The summed E-state index contributed by atoms with van der Waals surface area (Å²) in [5, 5.41) is 3.41. The Kier molecular flexibility index (Phi) is 4.16. The number of rotatable bonds is 3. The van der Waals surface area contributed by atoms with E-state index in [9.17, 15) is 4.79 Å². The van der Waals surface area contributed by atoms with Gasteiger partial charge in [0, 0.05) is 37.8 Å². The molecule has 0 bridgehead atoms. The molecule has 0 radical (unpaired) electrons. The molecule has 2 unspecified atom stereocenters. The summed E-state index contributed by atoms with van der Waals surface area (Å²) in [4.78, 5) is 23.1. The highest BCUT2D eigenvalue weighted by molar-refractivity contribution is 5.80. The summed E-state index contributed by atoms with van der Waals surface area (Å²) in [6.45, 7) is 4.52. The van der Waals surface area contributed by atoms with Crippen LogP contribution in [0.2, 0.25) is 0 Å². The predicted octanol–water partition coefficient (Wildman–Crippen LogP) is 2.08. The van der Waals surface area contributed by atoms with Gasteiger partial charge in [-0.25, -0.2) is 4.98 Å². The SMILES string of the molecule is CC1CC(C(=O)N2CCCC3(CC(Nc4cnccn4)CO3)C2)C1. The van der Waals surface area contributed by atoms with Gasteiger partial charge in [0.25, 0.3) is 0 Å². The number of aromatic nitrogens is 2. The quantitative estimate of drug-likeness (QED) is 0.919. The molecule has 2 saturated heterocycles. The maximum Gasteiger partial charge on any atom is 0.225 e. The average molecular weight is 330 g/mol. The first-order valence-electron chi connectivity index (χ1n) is 9.09. The first kappa shape index (κ1) is 15.8. The number of hydrogen-bond acceptors (Lipinski definition) is 5. The van der Waals surface area contributed by atoms with Crippen molar-refractivity contribution in [2.45, 2.75) is 50.7 Å². The Bertz CT molecular complexity index is 590. The number of piperidine rings is 1. The minimum Gasteiger partial charge on any atom is -0.371 e. The molecule has 6 heteroatoms. The van der Waals surface area contributed by atoms with E-state index in [0.29, 0.717) is 18.4 Å². The number of anilines is 1. The fourth-order valence-electron chi connectivity index (χ4n) is 4.45. The second-order valence-corrected chi connectivity index (χ2v) is 7.77. The van der Waals surface area contributed by atoms with Crippen molar-refractivity contribution in [1.29, 1.82) is 0 Å². The molecule has 1 aromatic rings. The molecular formula is C18H26N4O2. The van der Waals surface area contributed by atoms with Gasteiger partial charge in [-0.1, -0.05) is 6.92 Å². The highest BCUT2D eigenvalue weighted by atomic mass is 16.5. The zero-order valence-electron chi connectivity index (χ0n) is 14.3. The lowest BCUT2D eigenvalue weighted by Crippen LogP contribution is -2.53. The standard InChI is InChI=1S/C18H26N4O2/c1-13-7-14(8-13)17(23)22-6-2-3-18(12-22)9-15(11-24-18)21-16-10-19-4-5-20-16/h4-5,10,13-15H,2-3,6-9,11-12H2,1H3,(H,20,21). The van der Waals surface area contributed by atoms with E-state index in [2.05, 4.69) is 27.1 Å². The number of nitrogens with zero attached hydrogens (tertiary/aromatic N) is 3. The molecule has 1 amide bonds. The van der Waals surface area contributed by atoms with Crippen LogP contribution in [0.15, 0.2) is 18.6 Å². The van der Waals surface area contributed by atoms with E-state index in [1.54, 1.807) is 18.6 Å². The van der Waals surface area contributed by atoms with E-state index in [1.165, 1.54) is 0 Å². The van der Waals surface area contributed by atoms with Crippen molar-refractivity contribution in [2.75, 3.05) is 25.0 Å². The van der Waals surface area contributed by atoms with Gasteiger partial charge in [0.1, 0.15) is 5.82 Å². The number of carbonyl (C=O) groups excluding carboxylic acids is 1. The van der Waals surface area contributed by atoms with E-state index in [1.807, 2.05) is 0 Å². The fraction of sp³-hybridized carbons (Fsp3) is 0.722. The molecule has 3 fully saturated rings. The van der Waals surface area contributed by atoms with Crippen LogP contribution in [-0.2, 0) is 9.53 Å². The molecule has 2 atom stereocenters. The van der Waals surface area contributed by atoms with Crippen LogP contribution in [0, 0.1) is 11.8 Å². The van der Waals surface area contributed by atoms with Crippen molar-refractivity contribution < 1.29 is 9.53 Å². The third kappa shape index (κ3) is 3.11. The molecule has 3 heterocycles. The van der Waals surface area contributed by atoms with Crippen LogP contribution in [0.1, 0.15) is 39.0 Å². The second-order valence-electron chi connectivity index (χ2n) is 7.77. The topological polar surface area (TPSA) is 67.4 Å². The normalized spacial score (nSPS) is 35.7. The second kappa shape index (κ2) is 6.31. The van der Waals surface area contributed by atoms with E-state index in [0.717, 1.165) is 51.0 Å². The molecule has 1 N–H and O–H groups in total. The highest BCUT2D eigenvalue weighted by Crippen LogP contribution is 2.39. The van der Waals surface area contributed by atoms with Gasteiger partial charge in [-0.05, 0) is 31.6 Å². The zero-order chi connectivity index (χ0) is 16.6. The minimum absolute atomic E-state index is 0.177. The van der Waals surface area contributed by atoms with E-state index in [4.69, 9.17) is 4.74 Å². The van der Waals surface area contributed by atoms with E-state index < -0.39 is 0 Å². The summed E-state index contributed by atoms with van der Waals surface area (Å²) >= 11 is 0. The van der Waals surface area contributed by atoms with Gasteiger partial charge in [0.05, 0.1) is 24.4 Å². The Morgan fingerprint density at radius 3 is 3.04 bits per heavy atom. The summed E-state index contributed by atoms with van der Waals surface area (Å²) in [6, 6.07) is 0.237. The molecule has 4 rings (SSSR count). The van der Waals surface area contributed by atoms with Crippen LogP contribution in [0.5, 0.6) is 0 Å². The molecule has 1 aromatic heterocycles. The molecular weight excluding hydrogens is 304 g/mol. The highest BCUT2D eigenvalue weighted by Gasteiger charge is 2.46. The fourth-order valence-corrected chi connectivity index (χ4v) is 4.45. The van der Waals surface area contributed by atoms with Gasteiger partial charge < -0.3 is 15.0 Å². The number of hydrogen-bond donors (Lipinski definition) is 1. The van der Waals surface area contributed by atoms with Gasteiger partial charge in [-0.2, -0.15) is 0 Å². The van der Waals surface area contributed by atoms with Crippen LogP contribution in [0.25, 0.3) is 0 Å². The molecule has 1 aliphatic carbocycles. The van der Waals surface area contributed by atoms with Crippen molar-refractivity contribution in [2.24, 2.45) is 11.8 Å². The Morgan fingerprint density at radius 1 is 1.42 bits per heavy atom. The average Bonchev–Trinajstić information content (AvgIpc) is 2.94. The molecule has 2 aliphatic heterocycles. The molecule has 3 aliphatic rings. The zero-order valence-corrected chi connectivity index (χ0v) is 14.3. The number of ether oxygens (including phenoxy) is 1. The first-order chi connectivity index (χ1) is 11.6.